The number of furan rings is 1. The van der Waals surface area contributed by atoms with Gasteiger partial charge in [-0.1, -0.05) is 12.1 Å². The lowest BCUT2D eigenvalue weighted by Crippen LogP contribution is -1.89. The molecule has 1 aromatic carbocycles. The number of nitriles is 1. The molecule has 88 valence electrons. The van der Waals surface area contributed by atoms with E-state index in [0.717, 1.165) is 5.56 Å². The Morgan fingerprint density at radius 2 is 2.28 bits per heavy atom. The van der Waals surface area contributed by atoms with E-state index in [4.69, 9.17) is 9.68 Å². The van der Waals surface area contributed by atoms with Crippen molar-refractivity contribution in [1.82, 2.24) is 0 Å². The van der Waals surface area contributed by atoms with Crippen LogP contribution in [0.5, 0.6) is 0 Å². The quantitative estimate of drug-likeness (QED) is 0.468. The van der Waals surface area contributed by atoms with Gasteiger partial charge in [-0.25, -0.2) is 0 Å². The molecule has 0 fully saturated rings. The SMILES string of the molecule is N#CC(=Cc1ccoc1)c1cccc([N+](=O)[O-])c1. The first-order valence-electron chi connectivity index (χ1n) is 5.09. The Kier molecular flexibility index (Phi) is 3.21. The van der Waals surface area contributed by atoms with Gasteiger partial charge in [0.25, 0.3) is 5.69 Å². The maximum Gasteiger partial charge on any atom is 0.270 e. The standard InChI is InChI=1S/C13H8N2O3/c14-8-12(6-10-4-5-18-9-10)11-2-1-3-13(7-11)15(16)17/h1-7,9H. The second-order valence-electron chi connectivity index (χ2n) is 3.53. The summed E-state index contributed by atoms with van der Waals surface area (Å²) in [6, 6.07) is 9.68. The zero-order valence-corrected chi connectivity index (χ0v) is 9.24. The van der Waals surface area contributed by atoms with Crippen molar-refractivity contribution in [1.29, 1.82) is 5.26 Å². The van der Waals surface area contributed by atoms with Gasteiger partial charge < -0.3 is 4.42 Å². The summed E-state index contributed by atoms with van der Waals surface area (Å²) in [5.74, 6) is 0. The van der Waals surface area contributed by atoms with Crippen LogP contribution in [0.25, 0.3) is 11.6 Å². The van der Waals surface area contributed by atoms with Crippen molar-refractivity contribution in [3.8, 4) is 6.07 Å². The lowest BCUT2D eigenvalue weighted by atomic mass is 10.0. The van der Waals surface area contributed by atoms with Crippen LogP contribution in [0.15, 0.2) is 47.3 Å². The molecule has 1 heterocycles. The van der Waals surface area contributed by atoms with Crippen molar-refractivity contribution in [2.45, 2.75) is 0 Å². The third-order valence-electron chi connectivity index (χ3n) is 2.34. The van der Waals surface area contributed by atoms with Crippen LogP contribution in [0, 0.1) is 21.4 Å². The Balaban J connectivity index is 2.43. The molecule has 18 heavy (non-hydrogen) atoms. The molecule has 0 saturated heterocycles. The monoisotopic (exact) mass is 240 g/mol. The molecule has 1 aromatic heterocycles. The van der Waals surface area contributed by atoms with Crippen LogP contribution < -0.4 is 0 Å². The molecular weight excluding hydrogens is 232 g/mol. The lowest BCUT2D eigenvalue weighted by Gasteiger charge is -1.98. The van der Waals surface area contributed by atoms with Gasteiger partial charge in [-0.3, -0.25) is 10.1 Å². The van der Waals surface area contributed by atoms with Crippen LogP contribution >= 0.6 is 0 Å². The zero-order valence-electron chi connectivity index (χ0n) is 9.24. The van der Waals surface area contributed by atoms with Gasteiger partial charge in [-0.2, -0.15) is 5.26 Å². The minimum Gasteiger partial charge on any atom is -0.472 e. The maximum absolute atomic E-state index is 10.7. The molecule has 0 aliphatic rings. The highest BCUT2D eigenvalue weighted by Gasteiger charge is 2.08. The fourth-order valence-corrected chi connectivity index (χ4v) is 1.49. The fraction of sp³-hybridized carbons (Fsp3) is 0. The number of nitrogens with zero attached hydrogens (tertiary/aromatic N) is 2. The smallest absolute Gasteiger partial charge is 0.270 e. The molecule has 0 aliphatic heterocycles. The highest BCUT2D eigenvalue weighted by atomic mass is 16.6. The molecule has 0 radical (unpaired) electrons. The minimum atomic E-state index is -0.490. The predicted molar refractivity (Wildman–Crippen MR) is 65.3 cm³/mol. The number of allylic oxidation sites excluding steroid dienone is 1. The van der Waals surface area contributed by atoms with Crippen LogP contribution in [0.2, 0.25) is 0 Å². The van der Waals surface area contributed by atoms with Crippen molar-refractivity contribution < 1.29 is 9.34 Å². The first-order chi connectivity index (χ1) is 8.70. The van der Waals surface area contributed by atoms with Crippen molar-refractivity contribution in [3.63, 3.8) is 0 Å². The van der Waals surface area contributed by atoms with Gasteiger partial charge in [0.05, 0.1) is 29.1 Å². The summed E-state index contributed by atoms with van der Waals surface area (Å²) in [7, 11) is 0. The van der Waals surface area contributed by atoms with E-state index in [9.17, 15) is 10.1 Å². The second kappa shape index (κ2) is 4.97. The zero-order chi connectivity index (χ0) is 13.0. The Hall–Kier alpha value is -2.87. The molecule has 0 aliphatic carbocycles. The van der Waals surface area contributed by atoms with E-state index in [1.807, 2.05) is 6.07 Å². The Morgan fingerprint density at radius 3 is 2.89 bits per heavy atom. The van der Waals surface area contributed by atoms with Gasteiger partial charge in [-0.15, -0.1) is 0 Å². The average Bonchev–Trinajstić information content (AvgIpc) is 2.89. The average molecular weight is 240 g/mol. The van der Waals surface area contributed by atoms with Gasteiger partial charge in [0.15, 0.2) is 0 Å². The third-order valence-corrected chi connectivity index (χ3v) is 2.34. The molecule has 5 heteroatoms. The summed E-state index contributed by atoms with van der Waals surface area (Å²) in [6.45, 7) is 0. The van der Waals surface area contributed by atoms with E-state index < -0.39 is 4.92 Å². The summed E-state index contributed by atoms with van der Waals surface area (Å²) >= 11 is 0. The molecule has 0 spiro atoms. The molecule has 0 bridgehead atoms. The second-order valence-corrected chi connectivity index (χ2v) is 3.53. The molecule has 2 aromatic rings. The Labute approximate surface area is 103 Å². The van der Waals surface area contributed by atoms with Crippen molar-refractivity contribution >= 4 is 17.3 Å². The summed E-state index contributed by atoms with van der Waals surface area (Å²) in [5, 5.41) is 19.8. The molecule has 0 saturated carbocycles. The number of hydrogen-bond acceptors (Lipinski definition) is 4. The van der Waals surface area contributed by atoms with Crippen LogP contribution in [0.3, 0.4) is 0 Å². The molecule has 5 nitrogen and oxygen atoms in total. The topological polar surface area (TPSA) is 80.1 Å². The maximum atomic E-state index is 10.7. The fourth-order valence-electron chi connectivity index (χ4n) is 1.49. The van der Waals surface area contributed by atoms with Gasteiger partial charge in [0.2, 0.25) is 0 Å². The van der Waals surface area contributed by atoms with Gasteiger partial charge in [0.1, 0.15) is 0 Å². The van der Waals surface area contributed by atoms with Crippen molar-refractivity contribution in [3.05, 3.63) is 64.1 Å². The van der Waals surface area contributed by atoms with E-state index in [1.54, 1.807) is 24.3 Å². The van der Waals surface area contributed by atoms with Gasteiger partial charge in [-0.05, 0) is 17.7 Å². The molecule has 0 atom stereocenters. The molecule has 0 N–H and O–H groups in total. The van der Waals surface area contributed by atoms with E-state index in [1.165, 1.54) is 24.7 Å². The van der Waals surface area contributed by atoms with E-state index >= 15 is 0 Å². The van der Waals surface area contributed by atoms with E-state index in [-0.39, 0.29) is 5.69 Å². The molecule has 2 rings (SSSR count). The number of rotatable bonds is 3. The number of non-ortho nitro benzene ring substituents is 1. The number of hydrogen-bond donors (Lipinski definition) is 0. The van der Waals surface area contributed by atoms with Crippen LogP contribution in [0.1, 0.15) is 11.1 Å². The third kappa shape index (κ3) is 2.44. The summed E-state index contributed by atoms with van der Waals surface area (Å²) < 4.78 is 4.90. The Morgan fingerprint density at radius 1 is 1.44 bits per heavy atom. The van der Waals surface area contributed by atoms with Gasteiger partial charge in [0, 0.05) is 17.7 Å². The van der Waals surface area contributed by atoms with E-state index in [2.05, 4.69) is 0 Å². The summed E-state index contributed by atoms with van der Waals surface area (Å²) in [6.07, 6.45) is 4.60. The highest BCUT2D eigenvalue weighted by molar-refractivity contribution is 5.89. The summed E-state index contributed by atoms with van der Waals surface area (Å²) in [4.78, 5) is 10.2. The first-order valence-corrected chi connectivity index (χ1v) is 5.09. The molecular formula is C13H8N2O3. The minimum absolute atomic E-state index is 0.0409. The predicted octanol–water partition coefficient (Wildman–Crippen LogP) is 3.25. The summed E-state index contributed by atoms with van der Waals surface area (Å²) in [5.41, 5.74) is 1.55. The van der Waals surface area contributed by atoms with Crippen LogP contribution in [-0.4, -0.2) is 4.92 Å². The van der Waals surface area contributed by atoms with E-state index in [0.29, 0.717) is 11.1 Å². The largest absolute Gasteiger partial charge is 0.472 e. The van der Waals surface area contributed by atoms with Crippen LogP contribution in [0.4, 0.5) is 5.69 Å². The Bertz CT molecular complexity index is 637. The van der Waals surface area contributed by atoms with Crippen LogP contribution in [-0.2, 0) is 0 Å². The number of nitro groups is 1. The van der Waals surface area contributed by atoms with Crippen molar-refractivity contribution in [2.24, 2.45) is 0 Å². The number of nitro benzene ring substituents is 1. The molecule has 0 amide bonds. The lowest BCUT2D eigenvalue weighted by molar-refractivity contribution is -0.384. The number of benzene rings is 1. The highest BCUT2D eigenvalue weighted by Crippen LogP contribution is 2.22. The van der Waals surface area contributed by atoms with Crippen molar-refractivity contribution in [2.75, 3.05) is 0 Å². The van der Waals surface area contributed by atoms with Gasteiger partial charge >= 0.3 is 0 Å². The molecule has 0 unspecified atom stereocenters. The first kappa shape index (κ1) is 11.6. The normalized spacial score (nSPS) is 10.9.